The van der Waals surface area contributed by atoms with E-state index in [1.165, 1.54) is 5.56 Å². The molecule has 2 rings (SSSR count). The molecule has 2 aromatic heterocycles. The van der Waals surface area contributed by atoms with Gasteiger partial charge in [0.05, 0.1) is 5.69 Å². The summed E-state index contributed by atoms with van der Waals surface area (Å²) in [6.45, 7) is 5.78. The van der Waals surface area contributed by atoms with Crippen molar-refractivity contribution in [3.05, 3.63) is 29.1 Å². The van der Waals surface area contributed by atoms with Crippen molar-refractivity contribution >= 4 is 0 Å². The van der Waals surface area contributed by atoms with Crippen molar-refractivity contribution in [1.82, 2.24) is 30.3 Å². The van der Waals surface area contributed by atoms with Crippen molar-refractivity contribution in [2.24, 2.45) is 7.05 Å². The summed E-state index contributed by atoms with van der Waals surface area (Å²) in [4.78, 5) is 0. The first-order chi connectivity index (χ1) is 8.18. The number of nitrogens with one attached hydrogen (secondary N) is 2. The fourth-order valence-electron chi connectivity index (χ4n) is 1.78. The third-order valence-corrected chi connectivity index (χ3v) is 2.91. The van der Waals surface area contributed by atoms with E-state index >= 15 is 0 Å². The predicted molar refractivity (Wildman–Crippen MR) is 64.5 cm³/mol. The number of hydrogen-bond donors (Lipinski definition) is 2. The molecule has 0 aliphatic rings. The first-order valence-electron chi connectivity index (χ1n) is 5.72. The molecule has 2 heterocycles. The van der Waals surface area contributed by atoms with Crippen LogP contribution in [0.25, 0.3) is 0 Å². The molecule has 0 bridgehead atoms. The second-order valence-corrected chi connectivity index (χ2v) is 4.20. The van der Waals surface area contributed by atoms with Crippen LogP contribution in [0.2, 0.25) is 0 Å². The van der Waals surface area contributed by atoms with Crippen LogP contribution in [0.3, 0.4) is 0 Å². The minimum absolute atomic E-state index is 0.839. The fraction of sp³-hybridized carbons (Fsp3) is 0.545. The van der Waals surface area contributed by atoms with Crippen LogP contribution in [-0.4, -0.2) is 31.5 Å². The number of aromatic nitrogens is 5. The summed E-state index contributed by atoms with van der Waals surface area (Å²) in [6.07, 6.45) is 2.60. The van der Waals surface area contributed by atoms with Crippen LogP contribution in [0.15, 0.2) is 6.33 Å². The van der Waals surface area contributed by atoms with Crippen molar-refractivity contribution in [2.75, 3.05) is 6.54 Å². The molecule has 0 aliphatic carbocycles. The van der Waals surface area contributed by atoms with Gasteiger partial charge in [-0.15, -0.1) is 10.2 Å². The van der Waals surface area contributed by atoms with Crippen molar-refractivity contribution < 1.29 is 0 Å². The number of H-pyrrole nitrogens is 1. The largest absolute Gasteiger partial charge is 0.321 e. The topological polar surface area (TPSA) is 71.4 Å². The summed E-state index contributed by atoms with van der Waals surface area (Å²) in [6, 6.07) is 0. The zero-order valence-corrected chi connectivity index (χ0v) is 10.5. The smallest absolute Gasteiger partial charge is 0.133 e. The Labute approximate surface area is 100 Å². The highest BCUT2D eigenvalue weighted by molar-refractivity contribution is 5.22. The third-order valence-electron chi connectivity index (χ3n) is 2.91. The van der Waals surface area contributed by atoms with Gasteiger partial charge in [-0.05, 0) is 13.8 Å². The maximum absolute atomic E-state index is 4.17. The Hall–Kier alpha value is -1.69. The van der Waals surface area contributed by atoms with Gasteiger partial charge in [-0.1, -0.05) is 0 Å². The molecule has 0 fully saturated rings. The van der Waals surface area contributed by atoms with Crippen molar-refractivity contribution in [3.8, 4) is 0 Å². The summed E-state index contributed by atoms with van der Waals surface area (Å²) >= 11 is 0. The summed E-state index contributed by atoms with van der Waals surface area (Å²) in [5, 5.41) is 18.4. The van der Waals surface area contributed by atoms with E-state index < -0.39 is 0 Å². The van der Waals surface area contributed by atoms with Gasteiger partial charge in [0, 0.05) is 37.8 Å². The van der Waals surface area contributed by atoms with Gasteiger partial charge in [0.25, 0.3) is 0 Å². The van der Waals surface area contributed by atoms with Gasteiger partial charge in [0.1, 0.15) is 12.2 Å². The van der Waals surface area contributed by atoms with Crippen LogP contribution in [0, 0.1) is 13.8 Å². The van der Waals surface area contributed by atoms with E-state index in [0.717, 1.165) is 36.7 Å². The fourth-order valence-corrected chi connectivity index (χ4v) is 1.78. The SMILES string of the molecule is Cc1n[nH]c(C)c1CNCCc1nncn1C. The summed E-state index contributed by atoms with van der Waals surface area (Å²) in [5.41, 5.74) is 3.45. The zero-order chi connectivity index (χ0) is 12.3. The lowest BCUT2D eigenvalue weighted by atomic mass is 10.2. The van der Waals surface area contributed by atoms with Crippen LogP contribution in [0.5, 0.6) is 0 Å². The predicted octanol–water partition coefficient (Wildman–Crippen LogP) is 0.487. The van der Waals surface area contributed by atoms with Gasteiger partial charge in [-0.3, -0.25) is 5.10 Å². The number of nitrogens with zero attached hydrogens (tertiary/aromatic N) is 4. The van der Waals surface area contributed by atoms with Gasteiger partial charge < -0.3 is 9.88 Å². The number of aromatic amines is 1. The van der Waals surface area contributed by atoms with E-state index in [-0.39, 0.29) is 0 Å². The lowest BCUT2D eigenvalue weighted by Gasteiger charge is -2.04. The molecule has 0 saturated carbocycles. The van der Waals surface area contributed by atoms with Crippen LogP contribution in [0.1, 0.15) is 22.8 Å². The van der Waals surface area contributed by atoms with Crippen molar-refractivity contribution in [3.63, 3.8) is 0 Å². The van der Waals surface area contributed by atoms with Crippen LogP contribution >= 0.6 is 0 Å². The number of hydrogen-bond acceptors (Lipinski definition) is 4. The van der Waals surface area contributed by atoms with E-state index in [1.807, 2.05) is 25.5 Å². The molecule has 6 heteroatoms. The quantitative estimate of drug-likeness (QED) is 0.738. The second kappa shape index (κ2) is 5.09. The first-order valence-corrected chi connectivity index (χ1v) is 5.72. The molecular weight excluding hydrogens is 216 g/mol. The molecule has 0 saturated heterocycles. The van der Waals surface area contributed by atoms with Crippen molar-refractivity contribution in [1.29, 1.82) is 0 Å². The Morgan fingerprint density at radius 1 is 1.41 bits per heavy atom. The highest BCUT2D eigenvalue weighted by Crippen LogP contribution is 2.08. The molecule has 0 unspecified atom stereocenters. The van der Waals surface area contributed by atoms with Gasteiger partial charge in [0.2, 0.25) is 0 Å². The van der Waals surface area contributed by atoms with Crippen LogP contribution in [-0.2, 0) is 20.0 Å². The Morgan fingerprint density at radius 3 is 2.82 bits per heavy atom. The Kier molecular flexibility index (Phi) is 3.53. The molecular formula is C11H18N6. The Balaban J connectivity index is 1.79. The number of aryl methyl sites for hydroxylation is 3. The molecule has 2 aromatic rings. The van der Waals surface area contributed by atoms with Crippen LogP contribution in [0.4, 0.5) is 0 Å². The monoisotopic (exact) mass is 234 g/mol. The van der Waals surface area contributed by atoms with E-state index in [0.29, 0.717) is 0 Å². The van der Waals surface area contributed by atoms with Gasteiger partial charge >= 0.3 is 0 Å². The normalized spacial score (nSPS) is 11.0. The molecule has 6 nitrogen and oxygen atoms in total. The number of rotatable bonds is 5. The lowest BCUT2D eigenvalue weighted by molar-refractivity contribution is 0.651. The first kappa shape index (κ1) is 11.8. The summed E-state index contributed by atoms with van der Waals surface area (Å²) < 4.78 is 1.94. The van der Waals surface area contributed by atoms with E-state index in [1.54, 1.807) is 6.33 Å². The van der Waals surface area contributed by atoms with E-state index in [2.05, 4.69) is 25.7 Å². The summed E-state index contributed by atoms with van der Waals surface area (Å²) in [5.74, 6) is 0.998. The average Bonchev–Trinajstić information content (AvgIpc) is 2.84. The third kappa shape index (κ3) is 2.71. The maximum atomic E-state index is 4.17. The van der Waals surface area contributed by atoms with E-state index in [4.69, 9.17) is 0 Å². The second-order valence-electron chi connectivity index (χ2n) is 4.20. The minimum Gasteiger partial charge on any atom is -0.321 e. The van der Waals surface area contributed by atoms with Gasteiger partial charge in [0.15, 0.2) is 0 Å². The zero-order valence-electron chi connectivity index (χ0n) is 10.5. The Morgan fingerprint density at radius 2 is 2.24 bits per heavy atom. The molecule has 0 aromatic carbocycles. The van der Waals surface area contributed by atoms with Crippen molar-refractivity contribution in [2.45, 2.75) is 26.8 Å². The van der Waals surface area contributed by atoms with E-state index in [9.17, 15) is 0 Å². The van der Waals surface area contributed by atoms with Gasteiger partial charge in [-0.2, -0.15) is 5.10 Å². The molecule has 2 N–H and O–H groups in total. The minimum atomic E-state index is 0.839. The average molecular weight is 234 g/mol. The molecule has 0 spiro atoms. The molecule has 92 valence electrons. The molecule has 0 aliphatic heterocycles. The summed E-state index contributed by atoms with van der Waals surface area (Å²) in [7, 11) is 1.96. The highest BCUT2D eigenvalue weighted by atomic mass is 15.2. The Bertz CT molecular complexity index is 464. The molecule has 0 amide bonds. The molecule has 0 radical (unpaired) electrons. The standard InChI is InChI=1S/C11H18N6/c1-8-10(9(2)15-14-8)6-12-5-4-11-16-13-7-17(11)3/h7,12H,4-6H2,1-3H3,(H,14,15). The maximum Gasteiger partial charge on any atom is 0.133 e. The molecule has 0 atom stereocenters. The van der Waals surface area contributed by atoms with Gasteiger partial charge in [-0.25, -0.2) is 0 Å². The lowest BCUT2D eigenvalue weighted by Crippen LogP contribution is -2.18. The molecule has 17 heavy (non-hydrogen) atoms. The highest BCUT2D eigenvalue weighted by Gasteiger charge is 2.05. The van der Waals surface area contributed by atoms with Crippen LogP contribution < -0.4 is 5.32 Å².